The average molecular weight is 354 g/mol. The van der Waals surface area contributed by atoms with Gasteiger partial charge in [-0.3, -0.25) is 9.36 Å². The Labute approximate surface area is 152 Å². The molecule has 0 radical (unpaired) electrons. The van der Waals surface area contributed by atoms with E-state index in [4.69, 9.17) is 0 Å². The van der Waals surface area contributed by atoms with E-state index in [2.05, 4.69) is 29.9 Å². The highest BCUT2D eigenvalue weighted by Crippen LogP contribution is 2.24. The lowest BCUT2D eigenvalue weighted by atomic mass is 10.1. The summed E-state index contributed by atoms with van der Waals surface area (Å²) < 4.78 is 3.20. The molecule has 1 aromatic carbocycles. The zero-order valence-electron chi connectivity index (χ0n) is 16.0. The zero-order chi connectivity index (χ0) is 18.8. The minimum absolute atomic E-state index is 0.285. The molecule has 0 unspecified atom stereocenters. The van der Waals surface area contributed by atoms with Crippen molar-refractivity contribution in [2.24, 2.45) is 0 Å². The second kappa shape index (κ2) is 7.40. The van der Waals surface area contributed by atoms with E-state index in [1.165, 1.54) is 4.57 Å². The van der Waals surface area contributed by atoms with Gasteiger partial charge in [-0.25, -0.2) is 9.78 Å². The summed E-state index contributed by atoms with van der Waals surface area (Å²) in [4.78, 5) is 34.2. The molecule has 3 rings (SSSR count). The van der Waals surface area contributed by atoms with Crippen molar-refractivity contribution >= 4 is 11.0 Å². The summed E-state index contributed by atoms with van der Waals surface area (Å²) in [5, 5.41) is 0. The Morgan fingerprint density at radius 2 is 1.50 bits per heavy atom. The molecule has 0 amide bonds. The number of nitrogens with zero attached hydrogens (tertiary/aromatic N) is 4. The fraction of sp³-hybridized carbons (Fsp3) is 0.500. The minimum atomic E-state index is -0.480. The first kappa shape index (κ1) is 18.3. The van der Waals surface area contributed by atoms with E-state index in [9.17, 15) is 9.59 Å². The average Bonchev–Trinajstić information content (AvgIpc) is 2.61. The van der Waals surface area contributed by atoms with E-state index in [1.54, 1.807) is 0 Å². The van der Waals surface area contributed by atoms with Gasteiger partial charge in [0.25, 0.3) is 5.56 Å². The lowest BCUT2D eigenvalue weighted by Gasteiger charge is -2.18. The van der Waals surface area contributed by atoms with Crippen LogP contribution in [-0.2, 0) is 13.1 Å². The van der Waals surface area contributed by atoms with Gasteiger partial charge in [-0.1, -0.05) is 26.7 Å². The molecule has 26 heavy (non-hydrogen) atoms. The van der Waals surface area contributed by atoms with Gasteiger partial charge in [-0.05, 0) is 49.9 Å². The van der Waals surface area contributed by atoms with Crippen LogP contribution in [0.5, 0.6) is 0 Å². The fourth-order valence-electron chi connectivity index (χ4n) is 3.18. The first-order valence-corrected chi connectivity index (χ1v) is 9.40. The highest BCUT2D eigenvalue weighted by molar-refractivity contribution is 5.81. The summed E-state index contributed by atoms with van der Waals surface area (Å²) in [5.41, 5.74) is 3.45. The van der Waals surface area contributed by atoms with Crippen LogP contribution in [0.25, 0.3) is 22.6 Å². The molecular formula is C20H26N4O2. The van der Waals surface area contributed by atoms with Gasteiger partial charge in [0.1, 0.15) is 0 Å². The molecule has 2 aliphatic heterocycles. The van der Waals surface area contributed by atoms with Crippen LogP contribution in [0.3, 0.4) is 0 Å². The molecule has 0 N–H and O–H groups in total. The quantitative estimate of drug-likeness (QED) is 0.637. The largest absolute Gasteiger partial charge is 0.352 e. The summed E-state index contributed by atoms with van der Waals surface area (Å²) in [6.07, 6.45) is 3.63. The summed E-state index contributed by atoms with van der Waals surface area (Å²) in [7, 11) is 0. The number of hydrogen-bond donors (Lipinski definition) is 0. The molecule has 2 aliphatic rings. The van der Waals surface area contributed by atoms with Crippen molar-refractivity contribution in [1.29, 1.82) is 0 Å². The van der Waals surface area contributed by atoms with E-state index < -0.39 is 5.69 Å². The van der Waals surface area contributed by atoms with Crippen molar-refractivity contribution in [3.63, 3.8) is 0 Å². The molecule has 1 aromatic rings. The maximum absolute atomic E-state index is 12.9. The smallest absolute Gasteiger partial charge is 0.322 e. The van der Waals surface area contributed by atoms with Gasteiger partial charge in [0.05, 0.1) is 11.0 Å². The Kier molecular flexibility index (Phi) is 5.20. The Morgan fingerprint density at radius 3 is 2.15 bits per heavy atom. The van der Waals surface area contributed by atoms with E-state index in [0.29, 0.717) is 18.9 Å². The van der Waals surface area contributed by atoms with Gasteiger partial charge >= 0.3 is 5.69 Å². The maximum atomic E-state index is 12.9. The molecule has 138 valence electrons. The van der Waals surface area contributed by atoms with Crippen LogP contribution in [0.15, 0.2) is 21.7 Å². The molecule has 0 aromatic heterocycles. The van der Waals surface area contributed by atoms with Gasteiger partial charge in [0.15, 0.2) is 11.5 Å². The van der Waals surface area contributed by atoms with Gasteiger partial charge in [0.2, 0.25) is 0 Å². The predicted molar refractivity (Wildman–Crippen MR) is 104 cm³/mol. The standard InChI is InChI=1S/C20H26N4O2/c1-5-7-9-23-16-12-14(4)13(3)11-15(16)21-17-18(23)22-20(26)24(19(17)25)10-8-6-2/h11-12H,5-10H2,1-4H3. The van der Waals surface area contributed by atoms with E-state index in [-0.39, 0.29) is 11.3 Å². The van der Waals surface area contributed by atoms with Gasteiger partial charge in [-0.15, -0.1) is 0 Å². The van der Waals surface area contributed by atoms with E-state index >= 15 is 0 Å². The van der Waals surface area contributed by atoms with Crippen LogP contribution in [0.1, 0.15) is 50.7 Å². The summed E-state index contributed by atoms with van der Waals surface area (Å²) >= 11 is 0. The predicted octanol–water partition coefficient (Wildman–Crippen LogP) is 3.28. The summed E-state index contributed by atoms with van der Waals surface area (Å²) in [6.45, 7) is 9.33. The molecule has 0 fully saturated rings. The molecular weight excluding hydrogens is 328 g/mol. The van der Waals surface area contributed by atoms with Crippen molar-refractivity contribution in [2.75, 3.05) is 0 Å². The Balaban J connectivity index is 2.38. The van der Waals surface area contributed by atoms with Crippen LogP contribution in [-0.4, -0.2) is 19.1 Å². The first-order chi connectivity index (χ1) is 12.5. The maximum Gasteiger partial charge on any atom is 0.352 e. The van der Waals surface area contributed by atoms with Crippen LogP contribution < -0.4 is 11.2 Å². The summed E-state index contributed by atoms with van der Waals surface area (Å²) in [6, 6.07) is 4.08. The fourth-order valence-corrected chi connectivity index (χ4v) is 3.18. The summed E-state index contributed by atoms with van der Waals surface area (Å²) in [5.74, 6) is 0.400. The highest BCUT2D eigenvalue weighted by Gasteiger charge is 2.21. The Morgan fingerprint density at radius 1 is 0.885 bits per heavy atom. The van der Waals surface area contributed by atoms with Crippen molar-refractivity contribution in [2.45, 2.75) is 66.5 Å². The van der Waals surface area contributed by atoms with Crippen LogP contribution in [0, 0.1) is 13.8 Å². The molecule has 0 saturated heterocycles. The molecule has 0 saturated carbocycles. The SMILES string of the molecule is CCCCn1c(=O)nc2n(CCCC)c3cc(C)c(C)cc3nc-2c1=O. The molecule has 6 nitrogen and oxygen atoms in total. The third kappa shape index (κ3) is 3.16. The zero-order valence-corrected chi connectivity index (χ0v) is 16.0. The molecule has 0 atom stereocenters. The van der Waals surface area contributed by atoms with E-state index in [1.807, 2.05) is 24.5 Å². The topological polar surface area (TPSA) is 69.8 Å². The third-order valence-corrected chi connectivity index (χ3v) is 4.93. The molecule has 0 bridgehead atoms. The second-order valence-corrected chi connectivity index (χ2v) is 6.92. The van der Waals surface area contributed by atoms with E-state index in [0.717, 1.165) is 47.8 Å². The van der Waals surface area contributed by atoms with Crippen LogP contribution in [0.4, 0.5) is 0 Å². The number of aryl methyl sites for hydroxylation is 3. The molecule has 0 spiro atoms. The lowest BCUT2D eigenvalue weighted by molar-refractivity contribution is 0.572. The second-order valence-electron chi connectivity index (χ2n) is 6.92. The number of fused-ring (bicyclic) bond motifs is 2. The van der Waals surface area contributed by atoms with Gasteiger partial charge in [0, 0.05) is 13.1 Å². The number of unbranched alkanes of at least 4 members (excludes halogenated alkanes) is 2. The normalized spacial score (nSPS) is 11.5. The molecule has 6 heteroatoms. The van der Waals surface area contributed by atoms with Gasteiger partial charge in [-0.2, -0.15) is 4.98 Å². The van der Waals surface area contributed by atoms with Crippen molar-refractivity contribution in [3.05, 3.63) is 44.1 Å². The molecule has 2 heterocycles. The van der Waals surface area contributed by atoms with Crippen LogP contribution in [0.2, 0.25) is 0 Å². The van der Waals surface area contributed by atoms with Crippen LogP contribution >= 0.6 is 0 Å². The molecule has 0 aliphatic carbocycles. The van der Waals surface area contributed by atoms with Gasteiger partial charge < -0.3 is 4.57 Å². The number of aromatic nitrogens is 4. The highest BCUT2D eigenvalue weighted by atomic mass is 16.2. The number of rotatable bonds is 6. The Bertz CT molecular complexity index is 1030. The lowest BCUT2D eigenvalue weighted by Crippen LogP contribution is -2.38. The number of benzene rings is 1. The van der Waals surface area contributed by atoms with Crippen molar-refractivity contribution < 1.29 is 0 Å². The first-order valence-electron chi connectivity index (χ1n) is 9.40. The third-order valence-electron chi connectivity index (χ3n) is 4.93. The Hall–Kier alpha value is -2.50. The minimum Gasteiger partial charge on any atom is -0.322 e. The number of hydrogen-bond acceptors (Lipinski definition) is 4. The van der Waals surface area contributed by atoms with Crippen molar-refractivity contribution in [1.82, 2.24) is 19.1 Å². The monoisotopic (exact) mass is 354 g/mol. The van der Waals surface area contributed by atoms with Crippen molar-refractivity contribution in [3.8, 4) is 11.5 Å².